The lowest BCUT2D eigenvalue weighted by atomic mass is 9.93. The van der Waals surface area contributed by atoms with Crippen molar-refractivity contribution < 1.29 is 28.5 Å². The Labute approximate surface area is 221 Å². The number of nitrogens with zero attached hydrogens (tertiary/aromatic N) is 3. The molecule has 0 unspecified atom stereocenters. The molecule has 1 saturated heterocycles. The molecule has 0 aliphatic carbocycles. The summed E-state index contributed by atoms with van der Waals surface area (Å²) in [5.74, 6) is 0.127. The number of amides is 1. The van der Waals surface area contributed by atoms with E-state index in [0.717, 1.165) is 49.3 Å². The third-order valence-electron chi connectivity index (χ3n) is 6.35. The summed E-state index contributed by atoms with van der Waals surface area (Å²) < 4.78 is 21.4. The highest BCUT2D eigenvalue weighted by molar-refractivity contribution is 8.16. The lowest BCUT2D eigenvalue weighted by molar-refractivity contribution is -0.141. The first kappa shape index (κ1) is 27.2. The van der Waals surface area contributed by atoms with Crippen LogP contribution in [-0.2, 0) is 23.8 Å². The number of allylic oxidation sites excluding steroid dienone is 1. The number of ether oxygens (including phenoxy) is 4. The lowest BCUT2D eigenvalue weighted by Gasteiger charge is -2.36. The molecule has 1 atom stereocenters. The van der Waals surface area contributed by atoms with E-state index in [1.807, 2.05) is 34.6 Å². The fraction of sp³-hybridized carbons (Fsp3) is 0.500. The van der Waals surface area contributed by atoms with Crippen molar-refractivity contribution in [2.45, 2.75) is 19.4 Å². The number of hydrogen-bond acceptors (Lipinski definition) is 10. The van der Waals surface area contributed by atoms with E-state index in [1.54, 1.807) is 21.1 Å². The van der Waals surface area contributed by atoms with E-state index in [0.29, 0.717) is 30.2 Å². The predicted molar refractivity (Wildman–Crippen MR) is 141 cm³/mol. The number of fused-ring (bicyclic) bond motifs is 1. The maximum atomic E-state index is 13.2. The van der Waals surface area contributed by atoms with Gasteiger partial charge in [-0.3, -0.25) is 9.69 Å². The molecule has 1 N–H and O–H groups in total. The highest BCUT2D eigenvalue weighted by Gasteiger charge is 2.41. The molecule has 3 aliphatic rings. The fourth-order valence-electron chi connectivity index (χ4n) is 4.46. The van der Waals surface area contributed by atoms with Crippen LogP contribution in [0.2, 0.25) is 0 Å². The van der Waals surface area contributed by atoms with Crippen molar-refractivity contribution in [3.8, 4) is 5.75 Å². The summed E-state index contributed by atoms with van der Waals surface area (Å²) >= 11 is 1.44. The Morgan fingerprint density at radius 1 is 1.22 bits per heavy atom. The number of amidine groups is 1. The molecule has 0 radical (unpaired) electrons. The van der Waals surface area contributed by atoms with Crippen LogP contribution in [0.3, 0.4) is 0 Å². The third-order valence-corrected chi connectivity index (χ3v) is 7.24. The van der Waals surface area contributed by atoms with Gasteiger partial charge in [0.25, 0.3) is 0 Å². The Kier molecular flexibility index (Phi) is 9.62. The molecule has 0 saturated carbocycles. The van der Waals surface area contributed by atoms with Crippen LogP contribution in [0.4, 0.5) is 0 Å². The van der Waals surface area contributed by atoms with Gasteiger partial charge in [-0.1, -0.05) is 23.9 Å². The first-order chi connectivity index (χ1) is 18.0. The molecular formula is C26H34N4O6S. The minimum absolute atomic E-state index is 0.0822. The fourth-order valence-corrected chi connectivity index (χ4v) is 5.42. The molecule has 1 aromatic carbocycles. The van der Waals surface area contributed by atoms with Crippen LogP contribution in [-0.4, -0.2) is 93.7 Å². The minimum atomic E-state index is -0.514. The molecule has 3 aliphatic heterocycles. The zero-order valence-electron chi connectivity index (χ0n) is 21.5. The van der Waals surface area contributed by atoms with Crippen LogP contribution in [0.1, 0.15) is 24.9 Å². The van der Waals surface area contributed by atoms with Gasteiger partial charge in [-0.2, -0.15) is 0 Å². The van der Waals surface area contributed by atoms with E-state index < -0.39 is 12.0 Å². The minimum Gasteiger partial charge on any atom is -0.497 e. The molecule has 1 amide bonds. The zero-order valence-corrected chi connectivity index (χ0v) is 22.3. The van der Waals surface area contributed by atoms with Gasteiger partial charge in [0, 0.05) is 39.0 Å². The Morgan fingerprint density at radius 2 is 2.03 bits per heavy atom. The van der Waals surface area contributed by atoms with Crippen molar-refractivity contribution in [2.75, 3.05) is 66.8 Å². The van der Waals surface area contributed by atoms with Crippen molar-refractivity contribution in [3.05, 3.63) is 52.2 Å². The molecule has 3 heterocycles. The smallest absolute Gasteiger partial charge is 0.338 e. The van der Waals surface area contributed by atoms with Crippen LogP contribution >= 0.6 is 11.8 Å². The molecule has 4 rings (SSSR count). The Hall–Kier alpha value is -2.86. The Morgan fingerprint density at radius 3 is 2.78 bits per heavy atom. The highest BCUT2D eigenvalue weighted by atomic mass is 32.2. The Balaban J connectivity index is 1.53. The molecule has 0 spiro atoms. The van der Waals surface area contributed by atoms with E-state index in [9.17, 15) is 9.59 Å². The van der Waals surface area contributed by atoms with E-state index >= 15 is 0 Å². The second-order valence-corrected chi connectivity index (χ2v) is 9.62. The summed E-state index contributed by atoms with van der Waals surface area (Å²) in [4.78, 5) is 35.1. The van der Waals surface area contributed by atoms with Crippen LogP contribution in [0, 0.1) is 0 Å². The molecule has 0 bridgehead atoms. The number of carbonyl (C=O) groups is 2. The average molecular weight is 531 g/mol. The summed E-state index contributed by atoms with van der Waals surface area (Å²) in [6, 6.07) is 7.06. The van der Waals surface area contributed by atoms with Crippen LogP contribution in [0.15, 0.2) is 51.6 Å². The topological polar surface area (TPSA) is 102 Å². The number of rotatable bonds is 11. The van der Waals surface area contributed by atoms with Crippen molar-refractivity contribution >= 4 is 28.8 Å². The van der Waals surface area contributed by atoms with Crippen molar-refractivity contribution in [1.29, 1.82) is 0 Å². The Bertz CT molecular complexity index is 1080. The highest BCUT2D eigenvalue weighted by Crippen LogP contribution is 2.45. The van der Waals surface area contributed by atoms with Gasteiger partial charge in [0.05, 0.1) is 50.7 Å². The molecule has 37 heavy (non-hydrogen) atoms. The van der Waals surface area contributed by atoms with E-state index in [4.69, 9.17) is 23.9 Å². The molecule has 10 nitrogen and oxygen atoms in total. The number of aliphatic imine (C=N–C) groups is 1. The molecule has 1 aromatic rings. The third kappa shape index (κ3) is 6.72. The molecular weight excluding hydrogens is 496 g/mol. The van der Waals surface area contributed by atoms with E-state index in [-0.39, 0.29) is 18.9 Å². The summed E-state index contributed by atoms with van der Waals surface area (Å²) in [6.07, 6.45) is 0.167. The molecule has 11 heteroatoms. The number of morpholine rings is 1. The lowest BCUT2D eigenvalue weighted by Crippen LogP contribution is -2.42. The van der Waals surface area contributed by atoms with Crippen LogP contribution < -0.4 is 10.1 Å². The van der Waals surface area contributed by atoms with Gasteiger partial charge in [0.1, 0.15) is 12.4 Å². The largest absolute Gasteiger partial charge is 0.497 e. The van der Waals surface area contributed by atoms with Gasteiger partial charge in [-0.15, -0.1) is 0 Å². The maximum Gasteiger partial charge on any atom is 0.338 e. The standard InChI is InChI=1S/C26H34N4O6S/c1-18-23(25(32)36-14-13-33-2)24(19-5-4-6-21(15-19)34-3)30-20(17-37-26(30)28-18)16-22(31)27-7-8-29-9-11-35-12-10-29/h4-6,15,17,24H,7-14,16H2,1-3H3,(H,27,31)/t24-/m0/s1. The average Bonchev–Trinajstić information content (AvgIpc) is 3.30. The summed E-state index contributed by atoms with van der Waals surface area (Å²) in [5, 5.41) is 5.67. The number of carbonyl (C=O) groups excluding carboxylic acids is 2. The maximum absolute atomic E-state index is 13.2. The SMILES string of the molecule is COCCOC(=O)C1=C(C)N=C2SC=C(CC(=O)NCCN3CCOCC3)N2[C@H]1c1cccc(OC)c1. The van der Waals surface area contributed by atoms with Gasteiger partial charge in [-0.05, 0) is 30.0 Å². The van der Waals surface area contributed by atoms with Crippen LogP contribution in [0.25, 0.3) is 0 Å². The molecule has 0 aromatic heterocycles. The quantitative estimate of drug-likeness (QED) is 0.341. The van der Waals surface area contributed by atoms with Gasteiger partial charge >= 0.3 is 5.97 Å². The number of esters is 1. The monoisotopic (exact) mass is 530 g/mol. The van der Waals surface area contributed by atoms with E-state index in [1.165, 1.54) is 11.8 Å². The van der Waals surface area contributed by atoms with Crippen molar-refractivity contribution in [3.63, 3.8) is 0 Å². The van der Waals surface area contributed by atoms with Crippen molar-refractivity contribution in [1.82, 2.24) is 15.1 Å². The first-order valence-electron chi connectivity index (χ1n) is 12.3. The van der Waals surface area contributed by atoms with Gasteiger partial charge < -0.3 is 29.2 Å². The van der Waals surface area contributed by atoms with Gasteiger partial charge in [0.2, 0.25) is 5.91 Å². The summed E-state index contributed by atoms with van der Waals surface area (Å²) in [5.41, 5.74) is 2.62. The molecule has 200 valence electrons. The van der Waals surface area contributed by atoms with Gasteiger partial charge in [-0.25, -0.2) is 9.79 Å². The molecule has 1 fully saturated rings. The van der Waals surface area contributed by atoms with E-state index in [2.05, 4.69) is 10.2 Å². The van der Waals surface area contributed by atoms with Gasteiger partial charge in [0.15, 0.2) is 5.17 Å². The number of benzene rings is 1. The number of hydrogen-bond donors (Lipinski definition) is 1. The zero-order chi connectivity index (χ0) is 26.2. The summed E-state index contributed by atoms with van der Waals surface area (Å²) in [6.45, 7) is 6.79. The first-order valence-corrected chi connectivity index (χ1v) is 13.2. The predicted octanol–water partition coefficient (Wildman–Crippen LogP) is 2.30. The number of methoxy groups -OCH3 is 2. The van der Waals surface area contributed by atoms with Crippen molar-refractivity contribution in [2.24, 2.45) is 4.99 Å². The number of nitrogens with one attached hydrogen (secondary N) is 1. The second kappa shape index (κ2) is 13.1. The number of thioether (sulfide) groups is 1. The summed E-state index contributed by atoms with van der Waals surface area (Å²) in [7, 11) is 3.16. The second-order valence-electron chi connectivity index (χ2n) is 8.78. The normalized spacial score (nSPS) is 19.8. The van der Waals surface area contributed by atoms with Crippen LogP contribution in [0.5, 0.6) is 5.75 Å².